The predicted molar refractivity (Wildman–Crippen MR) is 96.3 cm³/mol. The molecular weight excluding hydrogens is 335 g/mol. The molecule has 138 valence electrons. The van der Waals surface area contributed by atoms with Gasteiger partial charge in [-0.2, -0.15) is 0 Å². The van der Waals surface area contributed by atoms with Crippen LogP contribution in [0.5, 0.6) is 5.75 Å². The molecule has 3 rings (SSSR count). The molecule has 1 amide bonds. The molecule has 2 aromatic rings. The molecule has 1 saturated heterocycles. The number of carbonyl (C=O) groups is 1. The van der Waals surface area contributed by atoms with E-state index < -0.39 is 6.10 Å². The largest absolute Gasteiger partial charge is 0.491 e. The van der Waals surface area contributed by atoms with E-state index in [9.17, 15) is 14.3 Å². The molecule has 2 N–H and O–H groups in total. The first kappa shape index (κ1) is 18.4. The Hall–Kier alpha value is -2.44. The molecule has 0 unspecified atom stereocenters. The molecule has 0 spiro atoms. The highest BCUT2D eigenvalue weighted by Gasteiger charge is 2.27. The zero-order valence-electron chi connectivity index (χ0n) is 14.5. The van der Waals surface area contributed by atoms with E-state index in [0.717, 1.165) is 5.56 Å². The molecule has 26 heavy (non-hydrogen) atoms. The molecule has 1 heterocycles. The summed E-state index contributed by atoms with van der Waals surface area (Å²) in [4.78, 5) is 14.1. The fraction of sp³-hybridized carbons (Fsp3) is 0.350. The third-order valence-electron chi connectivity index (χ3n) is 4.43. The van der Waals surface area contributed by atoms with Gasteiger partial charge in [-0.3, -0.25) is 9.69 Å². The van der Waals surface area contributed by atoms with Crippen LogP contribution in [0, 0.1) is 5.82 Å². The molecule has 0 aliphatic carbocycles. The molecule has 0 radical (unpaired) electrons. The number of hydrogen-bond acceptors (Lipinski definition) is 4. The zero-order chi connectivity index (χ0) is 18.4. The summed E-state index contributed by atoms with van der Waals surface area (Å²) < 4.78 is 18.5. The van der Waals surface area contributed by atoms with Crippen LogP contribution in [0.15, 0.2) is 54.6 Å². The molecule has 1 fully saturated rings. The lowest BCUT2D eigenvalue weighted by Crippen LogP contribution is -2.39. The Kier molecular flexibility index (Phi) is 6.20. The van der Waals surface area contributed by atoms with E-state index in [4.69, 9.17) is 4.74 Å². The van der Waals surface area contributed by atoms with Crippen LogP contribution in [0.25, 0.3) is 0 Å². The maximum Gasteiger partial charge on any atom is 0.221 e. The van der Waals surface area contributed by atoms with Gasteiger partial charge in [0.05, 0.1) is 0 Å². The van der Waals surface area contributed by atoms with Crippen LogP contribution in [0.3, 0.4) is 0 Å². The summed E-state index contributed by atoms with van der Waals surface area (Å²) in [6.07, 6.45) is -0.366. The second-order valence-electron chi connectivity index (χ2n) is 6.39. The Morgan fingerprint density at radius 1 is 1.19 bits per heavy atom. The van der Waals surface area contributed by atoms with Crippen molar-refractivity contribution in [3.63, 3.8) is 0 Å². The average Bonchev–Trinajstić information content (AvgIpc) is 2.83. The minimum Gasteiger partial charge on any atom is -0.491 e. The van der Waals surface area contributed by atoms with Gasteiger partial charge in [0.2, 0.25) is 5.91 Å². The van der Waals surface area contributed by atoms with Gasteiger partial charge in [0.15, 0.2) is 0 Å². The zero-order valence-corrected chi connectivity index (χ0v) is 14.5. The number of ether oxygens (including phenoxy) is 1. The third kappa shape index (κ3) is 5.03. The monoisotopic (exact) mass is 358 g/mol. The Morgan fingerprint density at radius 2 is 1.92 bits per heavy atom. The third-order valence-corrected chi connectivity index (χ3v) is 4.43. The lowest BCUT2D eigenvalue weighted by Gasteiger charge is -2.31. The second-order valence-corrected chi connectivity index (χ2v) is 6.39. The first-order valence-corrected chi connectivity index (χ1v) is 8.74. The molecule has 0 saturated carbocycles. The van der Waals surface area contributed by atoms with E-state index in [0.29, 0.717) is 31.8 Å². The van der Waals surface area contributed by atoms with Gasteiger partial charge in [-0.1, -0.05) is 30.3 Å². The summed E-state index contributed by atoms with van der Waals surface area (Å²) in [5.74, 6) is 0.196. The van der Waals surface area contributed by atoms with E-state index in [-0.39, 0.29) is 24.4 Å². The van der Waals surface area contributed by atoms with Gasteiger partial charge >= 0.3 is 0 Å². The lowest BCUT2D eigenvalue weighted by atomic mass is 10.0. The number of halogens is 1. The molecule has 5 nitrogen and oxygen atoms in total. The summed E-state index contributed by atoms with van der Waals surface area (Å²) in [5, 5.41) is 13.3. The number of hydrogen-bond donors (Lipinski definition) is 2. The van der Waals surface area contributed by atoms with Gasteiger partial charge in [-0.25, -0.2) is 4.39 Å². The van der Waals surface area contributed by atoms with Crippen molar-refractivity contribution in [1.29, 1.82) is 0 Å². The van der Waals surface area contributed by atoms with Crippen LogP contribution in [0.2, 0.25) is 0 Å². The number of aliphatic hydroxyl groups is 1. The van der Waals surface area contributed by atoms with E-state index in [1.54, 1.807) is 0 Å². The Bertz CT molecular complexity index is 709. The summed E-state index contributed by atoms with van der Waals surface area (Å²) in [7, 11) is 0. The number of nitrogens with zero attached hydrogens (tertiary/aromatic N) is 1. The topological polar surface area (TPSA) is 61.8 Å². The maximum atomic E-state index is 12.9. The molecule has 1 aliphatic heterocycles. The van der Waals surface area contributed by atoms with E-state index in [1.165, 1.54) is 24.3 Å². The average molecular weight is 358 g/mol. The van der Waals surface area contributed by atoms with E-state index in [1.807, 2.05) is 30.3 Å². The Labute approximate surface area is 152 Å². The smallest absolute Gasteiger partial charge is 0.221 e. The Morgan fingerprint density at radius 3 is 2.65 bits per heavy atom. The Balaban J connectivity index is 1.62. The minimum absolute atomic E-state index is 0.0124. The van der Waals surface area contributed by atoms with Gasteiger partial charge in [0, 0.05) is 32.1 Å². The van der Waals surface area contributed by atoms with E-state index >= 15 is 0 Å². The number of rotatable bonds is 6. The van der Waals surface area contributed by atoms with E-state index in [2.05, 4.69) is 10.2 Å². The molecule has 1 aliphatic rings. The highest BCUT2D eigenvalue weighted by Crippen LogP contribution is 2.25. The number of aliphatic hydroxyl groups excluding tert-OH is 1. The van der Waals surface area contributed by atoms with Crippen molar-refractivity contribution >= 4 is 5.91 Å². The van der Waals surface area contributed by atoms with Crippen LogP contribution in [-0.2, 0) is 4.79 Å². The summed E-state index contributed by atoms with van der Waals surface area (Å²) in [6, 6.07) is 15.4. The van der Waals surface area contributed by atoms with Crippen LogP contribution < -0.4 is 10.1 Å². The highest BCUT2D eigenvalue weighted by atomic mass is 19.1. The van der Waals surface area contributed by atoms with Crippen LogP contribution in [0.4, 0.5) is 4.39 Å². The minimum atomic E-state index is -0.723. The SMILES string of the molecule is O=C1C[C@H](c2ccccc2)N(C[C@H](O)COc2ccc(F)cc2)CCN1. The fourth-order valence-corrected chi connectivity index (χ4v) is 3.14. The van der Waals surface area contributed by atoms with Gasteiger partial charge in [-0.05, 0) is 29.8 Å². The van der Waals surface area contributed by atoms with Crippen molar-refractivity contribution in [2.24, 2.45) is 0 Å². The quantitative estimate of drug-likeness (QED) is 0.831. The van der Waals surface area contributed by atoms with Crippen molar-refractivity contribution in [2.75, 3.05) is 26.2 Å². The van der Waals surface area contributed by atoms with Crippen molar-refractivity contribution in [3.8, 4) is 5.75 Å². The molecule has 0 bridgehead atoms. The molecule has 0 aromatic heterocycles. The second kappa shape index (κ2) is 8.78. The molecule has 2 atom stereocenters. The first-order valence-electron chi connectivity index (χ1n) is 8.74. The number of benzene rings is 2. The van der Waals surface area contributed by atoms with Gasteiger partial charge in [-0.15, -0.1) is 0 Å². The standard InChI is InChI=1S/C20H23FN2O3/c21-16-6-8-18(9-7-16)26-14-17(24)13-23-11-10-22-20(25)12-19(23)15-4-2-1-3-5-15/h1-9,17,19,24H,10-14H2,(H,22,25)/t17-,19+/m0/s1. The number of nitrogens with one attached hydrogen (secondary N) is 1. The van der Waals surface area contributed by atoms with Crippen LogP contribution >= 0.6 is 0 Å². The normalized spacial score (nSPS) is 19.5. The summed E-state index contributed by atoms with van der Waals surface area (Å²) >= 11 is 0. The highest BCUT2D eigenvalue weighted by molar-refractivity contribution is 5.77. The predicted octanol–water partition coefficient (Wildman–Crippen LogP) is 2.13. The first-order chi connectivity index (χ1) is 12.6. The molecule has 6 heteroatoms. The van der Waals surface area contributed by atoms with Crippen LogP contribution in [0.1, 0.15) is 18.0 Å². The molecular formula is C20H23FN2O3. The van der Waals surface area contributed by atoms with Crippen molar-refractivity contribution < 1.29 is 19.0 Å². The summed E-state index contributed by atoms with van der Waals surface area (Å²) in [6.45, 7) is 1.69. The summed E-state index contributed by atoms with van der Waals surface area (Å²) in [5.41, 5.74) is 1.05. The maximum absolute atomic E-state index is 12.9. The van der Waals surface area contributed by atoms with Gasteiger partial charge in [0.25, 0.3) is 0 Å². The van der Waals surface area contributed by atoms with Crippen LogP contribution in [-0.4, -0.2) is 48.3 Å². The van der Waals surface area contributed by atoms with Crippen molar-refractivity contribution in [2.45, 2.75) is 18.6 Å². The number of amides is 1. The van der Waals surface area contributed by atoms with Gasteiger partial charge in [0.1, 0.15) is 24.3 Å². The number of carbonyl (C=O) groups excluding carboxylic acids is 1. The van der Waals surface area contributed by atoms with Crippen molar-refractivity contribution in [3.05, 3.63) is 66.0 Å². The van der Waals surface area contributed by atoms with Crippen molar-refractivity contribution in [1.82, 2.24) is 10.2 Å². The van der Waals surface area contributed by atoms with Gasteiger partial charge < -0.3 is 15.2 Å². The molecule has 2 aromatic carbocycles. The fourth-order valence-electron chi connectivity index (χ4n) is 3.14. The number of β-amino-alcohol motifs (C(OH)–C–C–N with tert-alkyl or cyclic N) is 1. The lowest BCUT2D eigenvalue weighted by molar-refractivity contribution is -0.121.